The zero-order chi connectivity index (χ0) is 21.7. The first-order chi connectivity index (χ1) is 14.5. The number of furan rings is 1. The molecule has 2 aromatic heterocycles. The Morgan fingerprint density at radius 3 is 2.33 bits per heavy atom. The van der Waals surface area contributed by atoms with E-state index in [0.29, 0.717) is 47.6 Å². The summed E-state index contributed by atoms with van der Waals surface area (Å²) in [4.78, 5) is 14.5. The van der Waals surface area contributed by atoms with Crippen LogP contribution in [0.4, 0.5) is 0 Å². The summed E-state index contributed by atoms with van der Waals surface area (Å²) in [7, 11) is 4.65. The fourth-order valence-electron chi connectivity index (χ4n) is 3.16. The first-order valence-electron chi connectivity index (χ1n) is 9.55. The highest BCUT2D eigenvalue weighted by molar-refractivity contribution is 5.91. The zero-order valence-electron chi connectivity index (χ0n) is 17.8. The molecule has 1 aromatic carbocycles. The molecule has 30 heavy (non-hydrogen) atoms. The van der Waals surface area contributed by atoms with Crippen LogP contribution in [0.25, 0.3) is 11.3 Å². The molecule has 0 unspecified atom stereocenters. The third-order valence-electron chi connectivity index (χ3n) is 4.47. The topological polar surface area (TPSA) is 87.2 Å². The molecule has 160 valence electrons. The molecule has 2 heterocycles. The van der Waals surface area contributed by atoms with Crippen LogP contribution in [0.3, 0.4) is 0 Å². The smallest absolute Gasteiger partial charge is 0.289 e. The van der Waals surface area contributed by atoms with Crippen molar-refractivity contribution in [2.45, 2.75) is 20.4 Å². The van der Waals surface area contributed by atoms with Gasteiger partial charge in [-0.05, 0) is 30.2 Å². The SMILES string of the molecule is COc1cc(-c2cc(CN(CC(C)C)C(=O)c3ccco3)no2)cc(OC)c1OC. The van der Waals surface area contributed by atoms with Crippen molar-refractivity contribution in [2.75, 3.05) is 27.9 Å². The molecule has 0 saturated carbocycles. The van der Waals surface area contributed by atoms with Crippen molar-refractivity contribution in [3.63, 3.8) is 0 Å². The molecule has 8 heteroatoms. The molecule has 8 nitrogen and oxygen atoms in total. The number of rotatable bonds is 9. The minimum absolute atomic E-state index is 0.189. The van der Waals surface area contributed by atoms with E-state index in [4.69, 9.17) is 23.2 Å². The van der Waals surface area contributed by atoms with Gasteiger partial charge in [0.2, 0.25) is 5.75 Å². The normalized spacial score (nSPS) is 10.9. The summed E-state index contributed by atoms with van der Waals surface area (Å²) in [5, 5.41) is 4.14. The average molecular weight is 414 g/mol. The molecule has 0 aliphatic rings. The Hall–Kier alpha value is -3.42. The molecule has 1 amide bonds. The van der Waals surface area contributed by atoms with Crippen molar-refractivity contribution in [3.05, 3.63) is 48.0 Å². The standard InChI is InChI=1S/C22H26N2O6/c1-14(2)12-24(22(25)17-7-6-8-29-17)13-16-11-18(30-23-16)15-9-19(26-3)21(28-5)20(10-15)27-4/h6-11,14H,12-13H2,1-5H3. The largest absolute Gasteiger partial charge is 0.493 e. The summed E-state index contributed by atoms with van der Waals surface area (Å²) in [6, 6.07) is 8.71. The number of carbonyl (C=O) groups excluding carboxylic acids is 1. The predicted molar refractivity (Wildman–Crippen MR) is 110 cm³/mol. The Bertz CT molecular complexity index is 952. The molecule has 0 spiro atoms. The highest BCUT2D eigenvalue weighted by atomic mass is 16.5. The number of ether oxygens (including phenoxy) is 3. The summed E-state index contributed by atoms with van der Waals surface area (Å²) in [5.74, 6) is 2.44. The molecule has 0 aliphatic carbocycles. The molecular formula is C22H26N2O6. The lowest BCUT2D eigenvalue weighted by atomic mass is 10.1. The minimum Gasteiger partial charge on any atom is -0.493 e. The summed E-state index contributed by atoms with van der Waals surface area (Å²) in [5.41, 5.74) is 1.34. The molecular weight excluding hydrogens is 388 g/mol. The molecule has 0 radical (unpaired) electrons. The number of nitrogens with zero attached hydrogens (tertiary/aromatic N) is 2. The van der Waals surface area contributed by atoms with Gasteiger partial charge in [0, 0.05) is 18.2 Å². The maximum absolute atomic E-state index is 12.8. The summed E-state index contributed by atoms with van der Waals surface area (Å²) in [6.07, 6.45) is 1.49. The first kappa shape index (κ1) is 21.3. The lowest BCUT2D eigenvalue weighted by Crippen LogP contribution is -2.33. The molecule has 3 rings (SSSR count). The van der Waals surface area contributed by atoms with Crippen LogP contribution in [0.15, 0.2) is 45.5 Å². The molecule has 0 fully saturated rings. The molecule has 0 atom stereocenters. The minimum atomic E-state index is -0.189. The third kappa shape index (κ3) is 4.59. The Morgan fingerprint density at radius 1 is 1.10 bits per heavy atom. The van der Waals surface area contributed by atoms with Crippen LogP contribution in [0.2, 0.25) is 0 Å². The third-order valence-corrected chi connectivity index (χ3v) is 4.47. The number of aromatic nitrogens is 1. The first-order valence-corrected chi connectivity index (χ1v) is 9.55. The Kier molecular flexibility index (Phi) is 6.66. The van der Waals surface area contributed by atoms with Gasteiger partial charge in [0.1, 0.15) is 5.69 Å². The predicted octanol–water partition coefficient (Wildman–Crippen LogP) is 4.26. The van der Waals surface area contributed by atoms with E-state index >= 15 is 0 Å². The number of amides is 1. The van der Waals surface area contributed by atoms with E-state index in [-0.39, 0.29) is 11.8 Å². The van der Waals surface area contributed by atoms with Crippen LogP contribution in [0, 0.1) is 5.92 Å². The van der Waals surface area contributed by atoms with E-state index in [9.17, 15) is 4.79 Å². The number of methoxy groups -OCH3 is 3. The van der Waals surface area contributed by atoms with Crippen LogP contribution in [0.5, 0.6) is 17.2 Å². The van der Waals surface area contributed by atoms with E-state index < -0.39 is 0 Å². The van der Waals surface area contributed by atoms with Crippen molar-refractivity contribution in [2.24, 2.45) is 5.92 Å². The maximum Gasteiger partial charge on any atom is 0.289 e. The van der Waals surface area contributed by atoms with Gasteiger partial charge in [-0.15, -0.1) is 0 Å². The fraction of sp³-hybridized carbons (Fsp3) is 0.364. The van der Waals surface area contributed by atoms with Gasteiger partial charge in [0.25, 0.3) is 5.91 Å². The van der Waals surface area contributed by atoms with Gasteiger partial charge in [-0.3, -0.25) is 4.79 Å². The summed E-state index contributed by atoms with van der Waals surface area (Å²) < 4.78 is 27.0. The van der Waals surface area contributed by atoms with Gasteiger partial charge in [-0.1, -0.05) is 19.0 Å². The number of hydrogen-bond acceptors (Lipinski definition) is 7. The Balaban J connectivity index is 1.87. The van der Waals surface area contributed by atoms with E-state index in [1.165, 1.54) is 6.26 Å². The molecule has 0 aliphatic heterocycles. The number of hydrogen-bond donors (Lipinski definition) is 0. The fourth-order valence-corrected chi connectivity index (χ4v) is 3.16. The molecule has 3 aromatic rings. The molecule has 0 bridgehead atoms. The highest BCUT2D eigenvalue weighted by Gasteiger charge is 2.22. The Morgan fingerprint density at radius 2 is 1.80 bits per heavy atom. The molecule has 0 N–H and O–H groups in total. The van der Waals surface area contributed by atoms with Crippen LogP contribution in [0.1, 0.15) is 30.1 Å². The quantitative estimate of drug-likeness (QED) is 0.517. The number of benzene rings is 1. The van der Waals surface area contributed by atoms with Crippen LogP contribution >= 0.6 is 0 Å². The van der Waals surface area contributed by atoms with E-state index in [1.54, 1.807) is 56.6 Å². The van der Waals surface area contributed by atoms with Crippen LogP contribution in [-0.2, 0) is 6.54 Å². The lowest BCUT2D eigenvalue weighted by Gasteiger charge is -2.22. The average Bonchev–Trinajstić information content (AvgIpc) is 3.43. The monoisotopic (exact) mass is 414 g/mol. The summed E-state index contributed by atoms with van der Waals surface area (Å²) >= 11 is 0. The Labute approximate surface area is 175 Å². The van der Waals surface area contributed by atoms with Gasteiger partial charge < -0.3 is 28.1 Å². The second-order valence-corrected chi connectivity index (χ2v) is 7.15. The second kappa shape index (κ2) is 9.39. The second-order valence-electron chi connectivity index (χ2n) is 7.15. The van der Waals surface area contributed by atoms with Crippen molar-refractivity contribution in [1.82, 2.24) is 10.1 Å². The van der Waals surface area contributed by atoms with Crippen molar-refractivity contribution >= 4 is 5.91 Å². The van der Waals surface area contributed by atoms with Crippen LogP contribution in [-0.4, -0.2) is 43.8 Å². The molecule has 0 saturated heterocycles. The van der Waals surface area contributed by atoms with E-state index in [2.05, 4.69) is 5.16 Å². The van der Waals surface area contributed by atoms with Gasteiger partial charge in [-0.25, -0.2) is 0 Å². The van der Waals surface area contributed by atoms with Gasteiger partial charge >= 0.3 is 0 Å². The van der Waals surface area contributed by atoms with Crippen molar-refractivity contribution < 1.29 is 27.9 Å². The lowest BCUT2D eigenvalue weighted by molar-refractivity contribution is 0.0686. The van der Waals surface area contributed by atoms with Gasteiger partial charge in [0.15, 0.2) is 23.0 Å². The van der Waals surface area contributed by atoms with Gasteiger partial charge in [-0.2, -0.15) is 0 Å². The maximum atomic E-state index is 12.8. The summed E-state index contributed by atoms with van der Waals surface area (Å²) in [6.45, 7) is 4.96. The van der Waals surface area contributed by atoms with Crippen LogP contribution < -0.4 is 14.2 Å². The van der Waals surface area contributed by atoms with Crippen molar-refractivity contribution in [1.29, 1.82) is 0 Å². The highest BCUT2D eigenvalue weighted by Crippen LogP contribution is 2.41. The van der Waals surface area contributed by atoms with E-state index in [0.717, 1.165) is 5.56 Å². The van der Waals surface area contributed by atoms with Gasteiger partial charge in [0.05, 0.1) is 34.1 Å². The van der Waals surface area contributed by atoms with Crippen molar-refractivity contribution in [3.8, 4) is 28.6 Å². The zero-order valence-corrected chi connectivity index (χ0v) is 17.8. The number of carbonyl (C=O) groups is 1. The van der Waals surface area contributed by atoms with E-state index in [1.807, 2.05) is 13.8 Å².